The molecule has 1 aliphatic rings. The second kappa shape index (κ2) is 3.61. The number of methoxy groups -OCH3 is 1. The lowest BCUT2D eigenvalue weighted by molar-refractivity contribution is -0.143. The summed E-state index contributed by atoms with van der Waals surface area (Å²) in [7, 11) is 1.31. The van der Waals surface area contributed by atoms with Crippen LogP contribution in [0.2, 0.25) is 0 Å². The van der Waals surface area contributed by atoms with E-state index in [1.807, 2.05) is 0 Å². The Balaban J connectivity index is 2.36. The topological polar surface area (TPSA) is 46.6 Å². The Hall–Kier alpha value is -0.710. The zero-order valence-electron chi connectivity index (χ0n) is 6.20. The smallest absolute Gasteiger partial charge is 0.326 e. The normalized spacial score (nSPS) is 17.2. The Morgan fingerprint density at radius 3 is 3.00 bits per heavy atom. The Morgan fingerprint density at radius 2 is 2.55 bits per heavy atom. The van der Waals surface area contributed by atoms with Gasteiger partial charge in [-0.15, -0.1) is 0 Å². The molecule has 0 aromatic heterocycles. The summed E-state index contributed by atoms with van der Waals surface area (Å²) < 4.78 is 5.85. The lowest BCUT2D eigenvalue weighted by atomic mass is 10.4. The number of hydrogen-bond donors (Lipinski definition) is 0. The third-order valence-corrected chi connectivity index (χ3v) is 2.37. The third kappa shape index (κ3) is 2.11. The van der Waals surface area contributed by atoms with Gasteiger partial charge in [-0.1, -0.05) is 0 Å². The van der Waals surface area contributed by atoms with Crippen molar-refractivity contribution < 1.29 is 14.3 Å². The molecule has 1 fully saturated rings. The summed E-state index contributed by atoms with van der Waals surface area (Å²) in [6.45, 7) is 0.0694. The van der Waals surface area contributed by atoms with Crippen molar-refractivity contribution in [3.05, 3.63) is 0 Å². The van der Waals surface area contributed by atoms with E-state index >= 15 is 0 Å². The van der Waals surface area contributed by atoms with Crippen LogP contribution in [-0.4, -0.2) is 35.6 Å². The zero-order valence-corrected chi connectivity index (χ0v) is 7.02. The standard InChI is InChI=1S/C6H9NO3S/c1-10-6(9)4-7-5(8)2-3-11-7/h2-4H2,1H3. The summed E-state index contributed by atoms with van der Waals surface area (Å²) in [6.07, 6.45) is 0.529. The highest BCUT2D eigenvalue weighted by atomic mass is 32.2. The number of ether oxygens (including phenoxy) is 1. The van der Waals surface area contributed by atoms with Crippen LogP contribution < -0.4 is 0 Å². The van der Waals surface area contributed by atoms with Crippen molar-refractivity contribution in [3.63, 3.8) is 0 Å². The molecule has 4 nitrogen and oxygen atoms in total. The second-order valence-corrected chi connectivity index (χ2v) is 3.20. The Kier molecular flexibility index (Phi) is 2.76. The predicted octanol–water partition coefficient (Wildman–Crippen LogP) is 0.0399. The van der Waals surface area contributed by atoms with E-state index in [-0.39, 0.29) is 18.4 Å². The molecule has 0 atom stereocenters. The van der Waals surface area contributed by atoms with Gasteiger partial charge in [0.2, 0.25) is 5.91 Å². The summed E-state index contributed by atoms with van der Waals surface area (Å²) in [6, 6.07) is 0. The van der Waals surface area contributed by atoms with E-state index in [2.05, 4.69) is 4.74 Å². The molecule has 0 bridgehead atoms. The fourth-order valence-electron chi connectivity index (χ4n) is 0.755. The van der Waals surface area contributed by atoms with Crippen molar-refractivity contribution >= 4 is 23.8 Å². The number of carbonyl (C=O) groups is 2. The van der Waals surface area contributed by atoms with E-state index < -0.39 is 0 Å². The number of amides is 1. The van der Waals surface area contributed by atoms with Crippen molar-refractivity contribution in [2.24, 2.45) is 0 Å². The number of nitrogens with zero attached hydrogens (tertiary/aromatic N) is 1. The summed E-state index contributed by atoms with van der Waals surface area (Å²) in [5.74, 6) is 0.420. The van der Waals surface area contributed by atoms with Crippen LogP contribution in [0.25, 0.3) is 0 Å². The third-order valence-electron chi connectivity index (χ3n) is 1.34. The van der Waals surface area contributed by atoms with Gasteiger partial charge in [0.25, 0.3) is 0 Å². The van der Waals surface area contributed by atoms with Gasteiger partial charge in [0.15, 0.2) is 0 Å². The highest BCUT2D eigenvalue weighted by molar-refractivity contribution is 7.98. The highest BCUT2D eigenvalue weighted by Gasteiger charge is 2.23. The zero-order chi connectivity index (χ0) is 8.27. The molecule has 0 saturated carbocycles. The van der Waals surface area contributed by atoms with Gasteiger partial charge in [0, 0.05) is 12.2 Å². The summed E-state index contributed by atoms with van der Waals surface area (Å²) in [5.41, 5.74) is 0. The van der Waals surface area contributed by atoms with Crippen LogP contribution in [0.15, 0.2) is 0 Å². The fourth-order valence-corrected chi connectivity index (χ4v) is 1.67. The molecule has 0 aliphatic carbocycles. The molecule has 1 heterocycles. The van der Waals surface area contributed by atoms with Gasteiger partial charge in [-0.25, -0.2) is 0 Å². The maximum Gasteiger partial charge on any atom is 0.326 e. The van der Waals surface area contributed by atoms with E-state index in [9.17, 15) is 9.59 Å². The highest BCUT2D eigenvalue weighted by Crippen LogP contribution is 2.20. The first-order valence-corrected chi connectivity index (χ1v) is 4.18. The SMILES string of the molecule is COC(=O)CN1SCCC1=O. The van der Waals surface area contributed by atoms with E-state index in [1.165, 1.54) is 23.4 Å². The molecule has 1 saturated heterocycles. The predicted molar refractivity (Wildman–Crippen MR) is 40.8 cm³/mol. The van der Waals surface area contributed by atoms with Crippen LogP contribution in [0.4, 0.5) is 0 Å². The van der Waals surface area contributed by atoms with Crippen LogP contribution >= 0.6 is 11.9 Å². The van der Waals surface area contributed by atoms with Crippen LogP contribution in [0, 0.1) is 0 Å². The minimum Gasteiger partial charge on any atom is -0.468 e. The van der Waals surface area contributed by atoms with Crippen molar-refractivity contribution in [3.8, 4) is 0 Å². The number of rotatable bonds is 2. The number of hydrogen-bond acceptors (Lipinski definition) is 4. The van der Waals surface area contributed by atoms with Gasteiger partial charge in [-0.2, -0.15) is 0 Å². The van der Waals surface area contributed by atoms with Gasteiger partial charge in [0.05, 0.1) is 7.11 Å². The Labute approximate surface area is 69.0 Å². The van der Waals surface area contributed by atoms with Crippen molar-refractivity contribution in [1.29, 1.82) is 0 Å². The molecule has 0 aromatic carbocycles. The average molecular weight is 175 g/mol. The summed E-state index contributed by atoms with van der Waals surface area (Å²) in [5, 5.41) is 0. The number of carbonyl (C=O) groups excluding carboxylic acids is 2. The molecule has 0 aromatic rings. The van der Waals surface area contributed by atoms with E-state index in [1.54, 1.807) is 0 Å². The van der Waals surface area contributed by atoms with Crippen molar-refractivity contribution in [2.45, 2.75) is 6.42 Å². The first kappa shape index (κ1) is 8.39. The second-order valence-electron chi connectivity index (χ2n) is 2.09. The fraction of sp³-hybridized carbons (Fsp3) is 0.667. The van der Waals surface area contributed by atoms with Crippen molar-refractivity contribution in [1.82, 2.24) is 4.31 Å². The van der Waals surface area contributed by atoms with E-state index in [0.717, 1.165) is 5.75 Å². The molecule has 0 unspecified atom stereocenters. The van der Waals surface area contributed by atoms with Crippen LogP contribution in [-0.2, 0) is 14.3 Å². The van der Waals surface area contributed by atoms with Crippen LogP contribution in [0.3, 0.4) is 0 Å². The maximum atomic E-state index is 10.9. The molecule has 1 rings (SSSR count). The molecule has 0 spiro atoms. The van der Waals surface area contributed by atoms with Gasteiger partial charge < -0.3 is 4.74 Å². The van der Waals surface area contributed by atoms with Gasteiger partial charge >= 0.3 is 5.97 Å². The molecule has 1 amide bonds. The molecule has 5 heteroatoms. The Bertz CT molecular complexity index is 183. The lowest BCUT2D eigenvalue weighted by Crippen LogP contribution is -2.26. The van der Waals surface area contributed by atoms with Gasteiger partial charge in [0.1, 0.15) is 6.54 Å². The molecular weight excluding hydrogens is 166 g/mol. The van der Waals surface area contributed by atoms with Crippen LogP contribution in [0.5, 0.6) is 0 Å². The van der Waals surface area contributed by atoms with Crippen LogP contribution in [0.1, 0.15) is 6.42 Å². The summed E-state index contributed by atoms with van der Waals surface area (Å²) in [4.78, 5) is 21.6. The van der Waals surface area contributed by atoms with Gasteiger partial charge in [-0.05, 0) is 11.9 Å². The molecule has 0 radical (unpaired) electrons. The maximum absolute atomic E-state index is 10.9. The molecule has 0 N–H and O–H groups in total. The molecular formula is C6H9NO3S. The summed E-state index contributed by atoms with van der Waals surface area (Å²) >= 11 is 1.38. The lowest BCUT2D eigenvalue weighted by Gasteiger charge is -2.10. The Morgan fingerprint density at radius 1 is 1.82 bits per heavy atom. The average Bonchev–Trinajstić information content (AvgIpc) is 2.37. The molecule has 62 valence electrons. The van der Waals surface area contributed by atoms with Gasteiger partial charge in [-0.3, -0.25) is 13.9 Å². The first-order valence-electron chi connectivity index (χ1n) is 3.24. The number of esters is 1. The minimum atomic E-state index is -0.368. The van der Waals surface area contributed by atoms with E-state index in [4.69, 9.17) is 0 Å². The largest absolute Gasteiger partial charge is 0.468 e. The molecule has 1 aliphatic heterocycles. The van der Waals surface area contributed by atoms with Crippen molar-refractivity contribution in [2.75, 3.05) is 19.4 Å². The molecule has 11 heavy (non-hydrogen) atoms. The first-order chi connectivity index (χ1) is 5.24. The van der Waals surface area contributed by atoms with E-state index in [0.29, 0.717) is 6.42 Å². The minimum absolute atomic E-state index is 0.0143. The quantitative estimate of drug-likeness (QED) is 0.439. The monoisotopic (exact) mass is 175 g/mol.